The fraction of sp³-hybridized carbons (Fsp3) is 0.118. The molecule has 0 unspecified atom stereocenters. The largest absolute Gasteiger partial charge is 0.454 e. The molecule has 1 aliphatic rings. The van der Waals surface area contributed by atoms with Gasteiger partial charge < -0.3 is 14.8 Å². The summed E-state index contributed by atoms with van der Waals surface area (Å²) in [5.74, 6) is 1.01. The molecule has 0 saturated heterocycles. The van der Waals surface area contributed by atoms with E-state index in [-0.39, 0.29) is 12.7 Å². The molecular weight excluding hydrogens is 382 g/mol. The van der Waals surface area contributed by atoms with Crippen LogP contribution >= 0.6 is 27.5 Å². The molecule has 0 saturated carbocycles. The van der Waals surface area contributed by atoms with E-state index in [0.29, 0.717) is 22.2 Å². The van der Waals surface area contributed by atoms with Crippen LogP contribution in [-0.4, -0.2) is 12.7 Å². The average molecular weight is 395 g/mol. The number of benzene rings is 2. The summed E-state index contributed by atoms with van der Waals surface area (Å²) >= 11 is 9.56. The highest BCUT2D eigenvalue weighted by molar-refractivity contribution is 9.10. The van der Waals surface area contributed by atoms with Crippen molar-refractivity contribution >= 4 is 45.2 Å². The van der Waals surface area contributed by atoms with Crippen LogP contribution < -0.4 is 14.8 Å². The van der Waals surface area contributed by atoms with E-state index < -0.39 is 0 Å². The van der Waals surface area contributed by atoms with Crippen LogP contribution in [0.1, 0.15) is 11.1 Å². The monoisotopic (exact) mass is 393 g/mol. The fourth-order valence-corrected chi connectivity index (χ4v) is 2.95. The van der Waals surface area contributed by atoms with Gasteiger partial charge in [0.15, 0.2) is 11.5 Å². The van der Waals surface area contributed by atoms with Gasteiger partial charge in [0, 0.05) is 16.1 Å². The number of fused-ring (bicyclic) bond motifs is 1. The predicted molar refractivity (Wildman–Crippen MR) is 94.1 cm³/mol. The molecule has 0 spiro atoms. The predicted octanol–water partition coefficient (Wildman–Crippen LogP) is 4.79. The molecule has 1 aliphatic heterocycles. The van der Waals surface area contributed by atoms with Gasteiger partial charge in [-0.2, -0.15) is 0 Å². The fourth-order valence-electron chi connectivity index (χ4n) is 2.24. The second-order valence-corrected chi connectivity index (χ2v) is 6.21. The van der Waals surface area contributed by atoms with Crippen molar-refractivity contribution in [3.05, 3.63) is 57.0 Å². The minimum Gasteiger partial charge on any atom is -0.454 e. The highest BCUT2D eigenvalue weighted by Gasteiger charge is 2.18. The number of carbonyl (C=O) groups is 1. The molecule has 0 bridgehead atoms. The molecule has 0 aromatic heterocycles. The van der Waals surface area contributed by atoms with Crippen LogP contribution in [0.4, 0.5) is 5.69 Å². The molecule has 0 radical (unpaired) electrons. The molecule has 23 heavy (non-hydrogen) atoms. The number of anilines is 1. The maximum atomic E-state index is 12.2. The summed E-state index contributed by atoms with van der Waals surface area (Å²) in [6.07, 6.45) is 3.12. The molecule has 2 aromatic carbocycles. The zero-order chi connectivity index (χ0) is 16.4. The molecule has 4 nitrogen and oxygen atoms in total. The average Bonchev–Trinajstić information content (AvgIpc) is 2.99. The van der Waals surface area contributed by atoms with E-state index in [0.717, 1.165) is 15.6 Å². The van der Waals surface area contributed by atoms with Crippen molar-refractivity contribution in [3.8, 4) is 11.5 Å². The van der Waals surface area contributed by atoms with Gasteiger partial charge in [0.05, 0.1) is 10.7 Å². The molecule has 118 valence electrons. The Morgan fingerprint density at radius 1 is 1.30 bits per heavy atom. The number of aryl methyl sites for hydroxylation is 1. The van der Waals surface area contributed by atoms with E-state index in [1.165, 1.54) is 6.08 Å². The van der Waals surface area contributed by atoms with E-state index in [1.807, 2.05) is 31.2 Å². The second-order valence-electron chi connectivity index (χ2n) is 4.95. The quantitative estimate of drug-likeness (QED) is 0.761. The zero-order valence-corrected chi connectivity index (χ0v) is 14.6. The summed E-state index contributed by atoms with van der Waals surface area (Å²) in [5.41, 5.74) is 2.27. The van der Waals surface area contributed by atoms with E-state index in [9.17, 15) is 4.79 Å². The van der Waals surface area contributed by atoms with Crippen LogP contribution in [0.5, 0.6) is 11.5 Å². The number of carbonyl (C=O) groups excluding carboxylic acids is 1. The summed E-state index contributed by atoms with van der Waals surface area (Å²) in [7, 11) is 0. The molecule has 1 amide bonds. The van der Waals surface area contributed by atoms with Crippen molar-refractivity contribution in [2.24, 2.45) is 0 Å². The minimum absolute atomic E-state index is 0.178. The molecule has 3 rings (SSSR count). The Morgan fingerprint density at radius 2 is 2.13 bits per heavy atom. The minimum atomic E-state index is -0.274. The van der Waals surface area contributed by atoms with Crippen LogP contribution in [-0.2, 0) is 4.79 Å². The Hall–Kier alpha value is -1.98. The SMILES string of the molecule is Cc1cccc(Cl)c1NC(=O)/C=C/c1c(Br)ccc2c1OCO2. The van der Waals surface area contributed by atoms with Crippen molar-refractivity contribution in [1.82, 2.24) is 0 Å². The van der Waals surface area contributed by atoms with Gasteiger partial charge in [0.1, 0.15) is 0 Å². The number of rotatable bonds is 3. The third-order valence-corrected chi connectivity index (χ3v) is 4.40. The molecule has 1 heterocycles. The van der Waals surface area contributed by atoms with Gasteiger partial charge in [-0.15, -0.1) is 0 Å². The molecule has 1 N–H and O–H groups in total. The van der Waals surface area contributed by atoms with Gasteiger partial charge in [0.2, 0.25) is 12.7 Å². The summed E-state index contributed by atoms with van der Waals surface area (Å²) in [6.45, 7) is 2.06. The maximum absolute atomic E-state index is 12.2. The first-order chi connectivity index (χ1) is 11.1. The summed E-state index contributed by atoms with van der Waals surface area (Å²) < 4.78 is 11.6. The summed E-state index contributed by atoms with van der Waals surface area (Å²) in [6, 6.07) is 9.13. The third kappa shape index (κ3) is 3.35. The first kappa shape index (κ1) is 15.9. The lowest BCUT2D eigenvalue weighted by molar-refractivity contribution is -0.111. The lowest BCUT2D eigenvalue weighted by Gasteiger charge is -2.08. The summed E-state index contributed by atoms with van der Waals surface area (Å²) in [4.78, 5) is 12.2. The number of nitrogens with one attached hydrogen (secondary N) is 1. The molecule has 0 aliphatic carbocycles. The Bertz CT molecular complexity index is 784. The highest BCUT2D eigenvalue weighted by atomic mass is 79.9. The molecule has 0 atom stereocenters. The van der Waals surface area contributed by atoms with Gasteiger partial charge in [-0.25, -0.2) is 0 Å². The van der Waals surface area contributed by atoms with Gasteiger partial charge in [-0.3, -0.25) is 4.79 Å². The molecular formula is C17H13BrClNO3. The Morgan fingerprint density at radius 3 is 2.91 bits per heavy atom. The normalized spacial score (nSPS) is 12.7. The molecule has 2 aromatic rings. The van der Waals surface area contributed by atoms with Gasteiger partial charge in [-0.05, 0) is 36.8 Å². The Balaban J connectivity index is 1.81. The molecule has 0 fully saturated rings. The van der Waals surface area contributed by atoms with Gasteiger partial charge in [-0.1, -0.05) is 39.7 Å². The van der Waals surface area contributed by atoms with Gasteiger partial charge in [0.25, 0.3) is 0 Å². The van der Waals surface area contributed by atoms with Gasteiger partial charge >= 0.3 is 0 Å². The first-order valence-electron chi connectivity index (χ1n) is 6.88. The number of para-hydroxylation sites is 1. The van der Waals surface area contributed by atoms with Crippen molar-refractivity contribution in [3.63, 3.8) is 0 Å². The van der Waals surface area contributed by atoms with Crippen LogP contribution in [0, 0.1) is 6.92 Å². The molecule has 6 heteroatoms. The van der Waals surface area contributed by atoms with Crippen molar-refractivity contribution in [1.29, 1.82) is 0 Å². The van der Waals surface area contributed by atoms with E-state index >= 15 is 0 Å². The number of halogens is 2. The lowest BCUT2D eigenvalue weighted by Crippen LogP contribution is -2.09. The standard InChI is InChI=1S/C17H13BrClNO3/c1-10-3-2-4-13(19)16(10)20-15(21)8-5-11-12(18)6-7-14-17(11)23-9-22-14/h2-8H,9H2,1H3,(H,20,21)/b8-5+. The van der Waals surface area contributed by atoms with Crippen LogP contribution in [0.3, 0.4) is 0 Å². The number of amides is 1. The smallest absolute Gasteiger partial charge is 0.248 e. The van der Waals surface area contributed by atoms with Crippen molar-refractivity contribution in [2.75, 3.05) is 12.1 Å². The zero-order valence-electron chi connectivity index (χ0n) is 12.2. The first-order valence-corrected chi connectivity index (χ1v) is 8.05. The number of hydrogen-bond donors (Lipinski definition) is 1. The topological polar surface area (TPSA) is 47.6 Å². The van der Waals surface area contributed by atoms with Crippen LogP contribution in [0.2, 0.25) is 5.02 Å². The Labute approximate surface area is 147 Å². The third-order valence-electron chi connectivity index (χ3n) is 3.40. The lowest BCUT2D eigenvalue weighted by atomic mass is 10.1. The number of hydrogen-bond acceptors (Lipinski definition) is 3. The van der Waals surface area contributed by atoms with Crippen LogP contribution in [0.25, 0.3) is 6.08 Å². The second kappa shape index (κ2) is 6.64. The van der Waals surface area contributed by atoms with E-state index in [1.54, 1.807) is 12.1 Å². The summed E-state index contributed by atoms with van der Waals surface area (Å²) in [5, 5.41) is 3.30. The number of ether oxygens (including phenoxy) is 2. The van der Waals surface area contributed by atoms with Crippen molar-refractivity contribution in [2.45, 2.75) is 6.92 Å². The van der Waals surface area contributed by atoms with E-state index in [4.69, 9.17) is 21.1 Å². The highest BCUT2D eigenvalue weighted by Crippen LogP contribution is 2.40. The maximum Gasteiger partial charge on any atom is 0.248 e. The van der Waals surface area contributed by atoms with Crippen LogP contribution in [0.15, 0.2) is 40.9 Å². The van der Waals surface area contributed by atoms with Crippen molar-refractivity contribution < 1.29 is 14.3 Å². The van der Waals surface area contributed by atoms with E-state index in [2.05, 4.69) is 21.2 Å². The Kier molecular flexibility index (Phi) is 4.59.